The number of carboxylic acid groups (broad SMARTS) is 1. The van der Waals surface area contributed by atoms with Crippen molar-refractivity contribution in [1.29, 1.82) is 0 Å². The highest BCUT2D eigenvalue weighted by molar-refractivity contribution is 14.1. The fourth-order valence-corrected chi connectivity index (χ4v) is 4.25. The first-order valence-electron chi connectivity index (χ1n) is 10.1. The molecule has 176 valence electrons. The number of hydrogen-bond acceptors (Lipinski definition) is 5. The summed E-state index contributed by atoms with van der Waals surface area (Å²) in [7, 11) is 0. The van der Waals surface area contributed by atoms with Crippen molar-refractivity contribution in [1.82, 2.24) is 5.32 Å². The lowest BCUT2D eigenvalue weighted by molar-refractivity contribution is -0.122. The SMILES string of the molecule is O=C1NC(=S)N(c2ccc(F)cc2)C(=O)/C1=C\c1ccc(OCc2ccc(C(=O)O)cc2)c(I)c1. The zero-order chi connectivity index (χ0) is 25.1. The monoisotopic (exact) mass is 602 g/mol. The number of nitrogens with zero attached hydrogens (tertiary/aromatic N) is 1. The van der Waals surface area contributed by atoms with Crippen LogP contribution >= 0.6 is 34.8 Å². The second kappa shape index (κ2) is 10.3. The van der Waals surface area contributed by atoms with Crippen LogP contribution in [-0.2, 0) is 16.2 Å². The van der Waals surface area contributed by atoms with Crippen LogP contribution in [0.15, 0.2) is 72.3 Å². The maximum Gasteiger partial charge on any atom is 0.335 e. The van der Waals surface area contributed by atoms with E-state index in [2.05, 4.69) is 27.9 Å². The van der Waals surface area contributed by atoms with E-state index in [0.717, 1.165) is 14.0 Å². The Kier molecular flexibility index (Phi) is 7.22. The fraction of sp³-hybridized carbons (Fsp3) is 0.0400. The third-order valence-corrected chi connectivity index (χ3v) is 6.18. The Balaban J connectivity index is 1.52. The highest BCUT2D eigenvalue weighted by atomic mass is 127. The smallest absolute Gasteiger partial charge is 0.335 e. The van der Waals surface area contributed by atoms with Gasteiger partial charge in [-0.3, -0.25) is 19.8 Å². The van der Waals surface area contributed by atoms with Gasteiger partial charge in [0.2, 0.25) is 0 Å². The van der Waals surface area contributed by atoms with Crippen LogP contribution in [0.1, 0.15) is 21.5 Å². The molecule has 2 amide bonds. The zero-order valence-electron chi connectivity index (χ0n) is 17.8. The van der Waals surface area contributed by atoms with Gasteiger partial charge in [-0.25, -0.2) is 9.18 Å². The highest BCUT2D eigenvalue weighted by Crippen LogP contribution is 2.26. The fourth-order valence-electron chi connectivity index (χ4n) is 3.28. The number of hydrogen-bond donors (Lipinski definition) is 2. The number of nitrogens with one attached hydrogen (secondary N) is 1. The minimum Gasteiger partial charge on any atom is -0.488 e. The number of anilines is 1. The lowest BCUT2D eigenvalue weighted by atomic mass is 10.1. The Labute approximate surface area is 218 Å². The zero-order valence-corrected chi connectivity index (χ0v) is 20.8. The van der Waals surface area contributed by atoms with Crippen molar-refractivity contribution in [2.24, 2.45) is 0 Å². The van der Waals surface area contributed by atoms with Crippen LogP contribution in [0.5, 0.6) is 5.75 Å². The number of rotatable bonds is 6. The lowest BCUT2D eigenvalue weighted by Gasteiger charge is -2.28. The van der Waals surface area contributed by atoms with Crippen LogP contribution in [0.2, 0.25) is 0 Å². The van der Waals surface area contributed by atoms with E-state index < -0.39 is 23.6 Å². The van der Waals surface area contributed by atoms with Crippen molar-refractivity contribution in [3.05, 3.63) is 98.4 Å². The second-order valence-corrected chi connectivity index (χ2v) is 8.96. The molecule has 3 aromatic carbocycles. The average Bonchev–Trinajstić information content (AvgIpc) is 2.82. The van der Waals surface area contributed by atoms with E-state index in [1.807, 2.05) is 0 Å². The summed E-state index contributed by atoms with van der Waals surface area (Å²) in [6.07, 6.45) is 1.45. The standard InChI is InChI=1S/C25H16FIN2O5S/c26-17-6-8-18(9-7-17)29-23(31)19(22(30)28-25(29)35)11-15-3-10-21(20(27)12-15)34-13-14-1-4-16(5-2-14)24(32)33/h1-12H,13H2,(H,32,33)(H,28,30,35)/b19-11-. The Bertz CT molecular complexity index is 1370. The Hall–Kier alpha value is -3.64. The lowest BCUT2D eigenvalue weighted by Crippen LogP contribution is -2.54. The summed E-state index contributed by atoms with van der Waals surface area (Å²) < 4.78 is 19.9. The first-order valence-corrected chi connectivity index (χ1v) is 11.6. The molecule has 4 rings (SSSR count). The van der Waals surface area contributed by atoms with Gasteiger partial charge in [0.15, 0.2) is 5.11 Å². The number of carbonyl (C=O) groups excluding carboxylic acids is 2. The Morgan fingerprint density at radius 2 is 1.77 bits per heavy atom. The summed E-state index contributed by atoms with van der Waals surface area (Å²) >= 11 is 7.23. The van der Waals surface area contributed by atoms with Gasteiger partial charge in [-0.1, -0.05) is 18.2 Å². The van der Waals surface area contributed by atoms with Crippen LogP contribution in [0.3, 0.4) is 0 Å². The molecule has 1 fully saturated rings. The number of amides is 2. The van der Waals surface area contributed by atoms with Gasteiger partial charge in [-0.15, -0.1) is 0 Å². The van der Waals surface area contributed by atoms with Crippen molar-refractivity contribution < 1.29 is 28.6 Å². The van der Waals surface area contributed by atoms with Crippen molar-refractivity contribution in [2.75, 3.05) is 4.90 Å². The third kappa shape index (κ3) is 5.54. The van der Waals surface area contributed by atoms with Gasteiger partial charge >= 0.3 is 5.97 Å². The molecule has 0 bridgehead atoms. The van der Waals surface area contributed by atoms with Gasteiger partial charge in [-0.2, -0.15) is 0 Å². The molecule has 1 saturated heterocycles. The van der Waals surface area contributed by atoms with Crippen molar-refractivity contribution in [3.8, 4) is 5.75 Å². The normalized spacial score (nSPS) is 14.7. The molecule has 0 saturated carbocycles. The first kappa shape index (κ1) is 24.5. The molecule has 7 nitrogen and oxygen atoms in total. The molecular formula is C25H16FIN2O5S. The summed E-state index contributed by atoms with van der Waals surface area (Å²) in [5.41, 5.74) is 1.81. The molecule has 10 heteroatoms. The third-order valence-electron chi connectivity index (χ3n) is 5.05. The molecule has 0 radical (unpaired) electrons. The number of carboxylic acids is 1. The van der Waals surface area contributed by atoms with Crippen LogP contribution < -0.4 is 15.0 Å². The maximum absolute atomic E-state index is 13.3. The molecule has 2 N–H and O–H groups in total. The van der Waals surface area contributed by atoms with E-state index in [-0.39, 0.29) is 22.9 Å². The van der Waals surface area contributed by atoms with E-state index in [4.69, 9.17) is 22.1 Å². The topological polar surface area (TPSA) is 95.9 Å². The average molecular weight is 602 g/mol. The number of benzene rings is 3. The van der Waals surface area contributed by atoms with Crippen molar-refractivity contribution in [3.63, 3.8) is 0 Å². The summed E-state index contributed by atoms with van der Waals surface area (Å²) in [5.74, 6) is -2.12. The molecule has 0 spiro atoms. The van der Waals surface area contributed by atoms with E-state index >= 15 is 0 Å². The first-order chi connectivity index (χ1) is 16.7. The van der Waals surface area contributed by atoms with Crippen LogP contribution in [-0.4, -0.2) is 28.0 Å². The summed E-state index contributed by atoms with van der Waals surface area (Å²) in [5, 5.41) is 11.4. The van der Waals surface area contributed by atoms with Crippen molar-refractivity contribution >= 4 is 69.5 Å². The van der Waals surface area contributed by atoms with Gasteiger partial charge in [-0.05, 0) is 101 Å². The van der Waals surface area contributed by atoms with Gasteiger partial charge in [0.1, 0.15) is 23.7 Å². The highest BCUT2D eigenvalue weighted by Gasteiger charge is 2.34. The van der Waals surface area contributed by atoms with E-state index in [0.29, 0.717) is 17.0 Å². The molecule has 1 aliphatic rings. The van der Waals surface area contributed by atoms with E-state index in [9.17, 15) is 18.8 Å². The van der Waals surface area contributed by atoms with E-state index in [1.54, 1.807) is 30.3 Å². The number of ether oxygens (including phenoxy) is 1. The molecule has 35 heavy (non-hydrogen) atoms. The van der Waals surface area contributed by atoms with Crippen LogP contribution in [0, 0.1) is 9.39 Å². The molecule has 1 aliphatic heterocycles. The molecule has 0 aromatic heterocycles. The van der Waals surface area contributed by atoms with Crippen LogP contribution in [0.4, 0.5) is 10.1 Å². The van der Waals surface area contributed by atoms with Gasteiger partial charge in [0, 0.05) is 0 Å². The second-order valence-electron chi connectivity index (χ2n) is 7.41. The Morgan fingerprint density at radius 1 is 1.09 bits per heavy atom. The molecule has 1 heterocycles. The Morgan fingerprint density at radius 3 is 2.40 bits per heavy atom. The largest absolute Gasteiger partial charge is 0.488 e. The number of aromatic carboxylic acids is 1. The maximum atomic E-state index is 13.3. The molecule has 0 aliphatic carbocycles. The van der Waals surface area contributed by atoms with Crippen LogP contribution in [0.25, 0.3) is 6.08 Å². The molecule has 3 aromatic rings. The predicted octanol–water partition coefficient (Wildman–Crippen LogP) is 4.54. The molecule has 0 unspecified atom stereocenters. The van der Waals surface area contributed by atoms with Gasteiger partial charge in [0.05, 0.1) is 14.8 Å². The molecular weight excluding hydrogens is 586 g/mol. The molecule has 0 atom stereocenters. The summed E-state index contributed by atoms with van der Waals surface area (Å²) in [6.45, 7) is 0.237. The van der Waals surface area contributed by atoms with E-state index in [1.165, 1.54) is 42.5 Å². The number of halogens is 2. The quantitative estimate of drug-likeness (QED) is 0.186. The van der Waals surface area contributed by atoms with Crippen molar-refractivity contribution in [2.45, 2.75) is 6.61 Å². The number of thiocarbonyl (C=S) groups is 1. The van der Waals surface area contributed by atoms with Gasteiger partial charge in [0.25, 0.3) is 11.8 Å². The minimum atomic E-state index is -0.996. The minimum absolute atomic E-state index is 0.0847. The van der Waals surface area contributed by atoms with Gasteiger partial charge < -0.3 is 9.84 Å². The summed E-state index contributed by atoms with van der Waals surface area (Å²) in [4.78, 5) is 37.7. The predicted molar refractivity (Wildman–Crippen MR) is 139 cm³/mol. The number of carbonyl (C=O) groups is 3. The summed E-state index contributed by atoms with van der Waals surface area (Å²) in [6, 6.07) is 16.8.